The molecule has 2 unspecified atom stereocenters. The second-order valence-corrected chi connectivity index (χ2v) is 6.58. The van der Waals surface area contributed by atoms with Gasteiger partial charge in [-0.05, 0) is 45.4 Å². The number of rotatable bonds is 1. The summed E-state index contributed by atoms with van der Waals surface area (Å²) in [6.45, 7) is 7.88. The quantitative estimate of drug-likeness (QED) is 0.788. The van der Waals surface area contributed by atoms with Crippen molar-refractivity contribution in [1.82, 2.24) is 10.2 Å². The first kappa shape index (κ1) is 14.2. The first-order valence-corrected chi connectivity index (χ1v) is 7.10. The predicted octanol–water partition coefficient (Wildman–Crippen LogP) is 1.77. The van der Waals surface area contributed by atoms with Crippen LogP contribution in [0.5, 0.6) is 0 Å². The Hall–Kier alpha value is -1.26. The summed E-state index contributed by atoms with van der Waals surface area (Å²) in [5.74, 6) is 1.01. The van der Waals surface area contributed by atoms with Crippen molar-refractivity contribution in [3.05, 3.63) is 0 Å². The molecule has 2 fully saturated rings. The van der Waals surface area contributed by atoms with Crippen LogP contribution in [0.2, 0.25) is 0 Å². The van der Waals surface area contributed by atoms with Crippen molar-refractivity contribution in [1.29, 1.82) is 0 Å². The molecule has 1 N–H and O–H groups in total. The van der Waals surface area contributed by atoms with Gasteiger partial charge in [0.15, 0.2) is 0 Å². The fraction of sp³-hybridized carbons (Fsp3) is 0.857. The van der Waals surface area contributed by atoms with Crippen molar-refractivity contribution >= 4 is 12.0 Å². The molecule has 0 spiro atoms. The minimum Gasteiger partial charge on any atom is -0.444 e. The van der Waals surface area contributed by atoms with Crippen molar-refractivity contribution in [3.8, 4) is 0 Å². The van der Waals surface area contributed by atoms with Crippen LogP contribution >= 0.6 is 0 Å². The Kier molecular flexibility index (Phi) is 4.02. The molecule has 2 atom stereocenters. The normalized spacial score (nSPS) is 28.2. The Bertz CT molecular complexity index is 362. The lowest BCUT2D eigenvalue weighted by atomic mass is 9.84. The van der Waals surface area contributed by atoms with Crippen molar-refractivity contribution in [2.75, 3.05) is 19.6 Å². The maximum Gasteiger partial charge on any atom is 0.410 e. The highest BCUT2D eigenvalue weighted by Gasteiger charge is 2.35. The molecule has 5 heteroatoms. The molecular weight excluding hydrogens is 244 g/mol. The van der Waals surface area contributed by atoms with Gasteiger partial charge in [-0.25, -0.2) is 4.79 Å². The molecule has 2 saturated heterocycles. The third-order valence-corrected chi connectivity index (χ3v) is 3.83. The Morgan fingerprint density at radius 1 is 1.32 bits per heavy atom. The van der Waals surface area contributed by atoms with Crippen LogP contribution in [0.25, 0.3) is 0 Å². The number of hydrogen-bond acceptors (Lipinski definition) is 3. The zero-order chi connectivity index (χ0) is 14.0. The van der Waals surface area contributed by atoms with Crippen molar-refractivity contribution in [3.63, 3.8) is 0 Å². The standard InChI is InChI=1S/C14H24N2O3/c1-14(2,3)19-13(18)16-7-5-11(9-16)10-4-6-15-12(17)8-10/h10-11H,4-9H2,1-3H3,(H,15,17). The third-order valence-electron chi connectivity index (χ3n) is 3.83. The molecule has 0 aromatic rings. The van der Waals surface area contributed by atoms with Gasteiger partial charge < -0.3 is 15.0 Å². The first-order valence-electron chi connectivity index (χ1n) is 7.10. The predicted molar refractivity (Wildman–Crippen MR) is 71.6 cm³/mol. The zero-order valence-electron chi connectivity index (χ0n) is 12.1. The van der Waals surface area contributed by atoms with Crippen molar-refractivity contribution in [2.45, 2.75) is 45.6 Å². The first-order chi connectivity index (χ1) is 8.85. The lowest BCUT2D eigenvalue weighted by molar-refractivity contribution is -0.124. The summed E-state index contributed by atoms with van der Waals surface area (Å²) in [4.78, 5) is 25.2. The zero-order valence-corrected chi connectivity index (χ0v) is 12.1. The van der Waals surface area contributed by atoms with Gasteiger partial charge in [0, 0.05) is 26.1 Å². The van der Waals surface area contributed by atoms with Crippen LogP contribution in [0, 0.1) is 11.8 Å². The molecular formula is C14H24N2O3. The second kappa shape index (κ2) is 5.39. The third kappa shape index (κ3) is 3.85. The Labute approximate surface area is 114 Å². The van der Waals surface area contributed by atoms with Gasteiger partial charge in [-0.1, -0.05) is 0 Å². The summed E-state index contributed by atoms with van der Waals surface area (Å²) in [6.07, 6.45) is 2.39. The van der Waals surface area contributed by atoms with Gasteiger partial charge >= 0.3 is 6.09 Å². The van der Waals surface area contributed by atoms with Crippen molar-refractivity contribution < 1.29 is 14.3 Å². The number of likely N-dealkylation sites (tertiary alicyclic amines) is 1. The van der Waals surface area contributed by atoms with Gasteiger partial charge in [0.25, 0.3) is 0 Å². The van der Waals surface area contributed by atoms with Crippen LogP contribution in [0.15, 0.2) is 0 Å². The molecule has 0 aromatic heterocycles. The number of amides is 2. The highest BCUT2D eigenvalue weighted by atomic mass is 16.6. The minimum absolute atomic E-state index is 0.145. The fourth-order valence-electron chi connectivity index (χ4n) is 2.88. The minimum atomic E-state index is -0.445. The molecule has 19 heavy (non-hydrogen) atoms. The monoisotopic (exact) mass is 268 g/mol. The molecule has 108 valence electrons. The summed E-state index contributed by atoms with van der Waals surface area (Å²) in [5.41, 5.74) is -0.445. The highest BCUT2D eigenvalue weighted by molar-refractivity contribution is 5.77. The van der Waals surface area contributed by atoms with E-state index in [0.717, 1.165) is 32.5 Å². The van der Waals surface area contributed by atoms with Crippen LogP contribution in [0.3, 0.4) is 0 Å². The molecule has 0 aliphatic carbocycles. The van der Waals surface area contributed by atoms with E-state index in [0.29, 0.717) is 18.3 Å². The van der Waals surface area contributed by atoms with E-state index in [1.165, 1.54) is 0 Å². The number of piperidine rings is 1. The van der Waals surface area contributed by atoms with Gasteiger partial charge in [-0.3, -0.25) is 4.79 Å². The highest BCUT2D eigenvalue weighted by Crippen LogP contribution is 2.31. The van der Waals surface area contributed by atoms with Gasteiger partial charge in [0.1, 0.15) is 5.60 Å². The Morgan fingerprint density at radius 3 is 2.68 bits per heavy atom. The number of ether oxygens (including phenoxy) is 1. The largest absolute Gasteiger partial charge is 0.444 e. The summed E-state index contributed by atoms with van der Waals surface area (Å²) in [5, 5.41) is 2.86. The smallest absolute Gasteiger partial charge is 0.410 e. The molecule has 2 amide bonds. The van der Waals surface area contributed by atoms with E-state index in [4.69, 9.17) is 4.74 Å². The van der Waals surface area contributed by atoms with Gasteiger partial charge in [0.2, 0.25) is 5.91 Å². The molecule has 0 bridgehead atoms. The number of carbonyl (C=O) groups excluding carboxylic acids is 2. The van der Waals surface area contributed by atoms with E-state index >= 15 is 0 Å². The number of hydrogen-bond donors (Lipinski definition) is 1. The van der Waals surface area contributed by atoms with Gasteiger partial charge in [-0.15, -0.1) is 0 Å². The van der Waals surface area contributed by atoms with E-state index in [2.05, 4.69) is 5.32 Å². The molecule has 0 saturated carbocycles. The van der Waals surface area contributed by atoms with Gasteiger partial charge in [-0.2, -0.15) is 0 Å². The Morgan fingerprint density at radius 2 is 2.05 bits per heavy atom. The van der Waals surface area contributed by atoms with Crippen LogP contribution in [-0.4, -0.2) is 42.1 Å². The lowest BCUT2D eigenvalue weighted by Gasteiger charge is -2.28. The SMILES string of the molecule is CC(C)(C)OC(=O)N1CCC(C2CCNC(=O)C2)C1. The Balaban J connectivity index is 1.85. The molecule has 2 rings (SSSR count). The molecule has 0 radical (unpaired) electrons. The molecule has 0 aromatic carbocycles. The number of nitrogens with zero attached hydrogens (tertiary/aromatic N) is 1. The van der Waals surface area contributed by atoms with Crippen LogP contribution in [0.1, 0.15) is 40.0 Å². The topological polar surface area (TPSA) is 58.6 Å². The number of nitrogens with one attached hydrogen (secondary N) is 1. The number of carbonyl (C=O) groups is 2. The van der Waals surface area contributed by atoms with E-state index in [-0.39, 0.29) is 12.0 Å². The maximum atomic E-state index is 12.0. The van der Waals surface area contributed by atoms with Gasteiger partial charge in [0.05, 0.1) is 0 Å². The summed E-state index contributed by atoms with van der Waals surface area (Å²) < 4.78 is 5.39. The van der Waals surface area contributed by atoms with E-state index in [1.807, 2.05) is 20.8 Å². The lowest BCUT2D eigenvalue weighted by Crippen LogP contribution is -2.38. The summed E-state index contributed by atoms with van der Waals surface area (Å²) >= 11 is 0. The molecule has 2 aliphatic heterocycles. The molecule has 5 nitrogen and oxygen atoms in total. The second-order valence-electron chi connectivity index (χ2n) is 6.58. The average Bonchev–Trinajstić information content (AvgIpc) is 2.75. The fourth-order valence-corrected chi connectivity index (χ4v) is 2.88. The average molecular weight is 268 g/mol. The summed E-state index contributed by atoms with van der Waals surface area (Å²) in [6, 6.07) is 0. The van der Waals surface area contributed by atoms with E-state index < -0.39 is 5.60 Å². The molecule has 2 aliphatic rings. The maximum absolute atomic E-state index is 12.0. The molecule has 2 heterocycles. The van der Waals surface area contributed by atoms with E-state index in [1.54, 1.807) is 4.90 Å². The van der Waals surface area contributed by atoms with Crippen LogP contribution < -0.4 is 5.32 Å². The van der Waals surface area contributed by atoms with Crippen molar-refractivity contribution in [2.24, 2.45) is 11.8 Å². The van der Waals surface area contributed by atoms with E-state index in [9.17, 15) is 9.59 Å². The summed E-state index contributed by atoms with van der Waals surface area (Å²) in [7, 11) is 0. The van der Waals surface area contributed by atoms with Crippen LogP contribution in [-0.2, 0) is 9.53 Å². The van der Waals surface area contributed by atoms with Crippen LogP contribution in [0.4, 0.5) is 4.79 Å².